The number of rotatable bonds is 0. The maximum Gasteiger partial charge on any atom is 2.00 e. The first-order chi connectivity index (χ1) is 8.61. The van der Waals surface area contributed by atoms with Crippen molar-refractivity contribution < 1.29 is 22.7 Å². The van der Waals surface area contributed by atoms with Crippen molar-refractivity contribution in [2.45, 2.75) is 0 Å². The van der Waals surface area contributed by atoms with Gasteiger partial charge < -0.3 is 13.1 Å². The molecule has 0 atom stereocenters. The number of benzene rings is 2. The first-order valence-electron chi connectivity index (χ1n) is 5.34. The second kappa shape index (κ2) is 4.68. The molecule has 92 valence electrons. The second-order valence-corrected chi connectivity index (χ2v) is 4.06. The van der Waals surface area contributed by atoms with E-state index >= 15 is 0 Å². The van der Waals surface area contributed by atoms with Crippen molar-refractivity contribution in [3.8, 4) is 11.5 Å². The molecule has 1 aliphatic rings. The van der Waals surface area contributed by atoms with Gasteiger partial charge in [-0.3, -0.25) is 9.59 Å². The number of carbonyl (C=O) groups excluding carboxylic acids is 2. The normalized spacial score (nSPS) is 12.4. The Bertz CT molecular complexity index is 716. The van der Waals surface area contributed by atoms with E-state index in [0.717, 1.165) is 0 Å². The molecule has 0 radical (unpaired) electrons. The Morgan fingerprint density at radius 1 is 0.789 bits per heavy atom. The summed E-state index contributed by atoms with van der Waals surface area (Å²) in [4.78, 5) is 24.4. The number of aromatic hydroxyl groups is 2. The molecule has 0 amide bonds. The van der Waals surface area contributed by atoms with Gasteiger partial charge in [0.05, 0.1) is 5.56 Å². The van der Waals surface area contributed by atoms with Gasteiger partial charge in [-0.25, -0.2) is 0 Å². The third-order valence-electron chi connectivity index (χ3n) is 3.04. The van der Waals surface area contributed by atoms with E-state index in [1.54, 1.807) is 18.2 Å². The SMILES string of the molecule is O=C1c2ccccc2C(=O)c2c1ccc(O)c2O.[H-].[H-].[Mg+2]. The number of hydrogen-bond acceptors (Lipinski definition) is 4. The summed E-state index contributed by atoms with van der Waals surface area (Å²) in [5, 5.41) is 19.1. The molecule has 2 N–H and O–H groups in total. The minimum atomic E-state index is -0.541. The van der Waals surface area contributed by atoms with Crippen LogP contribution in [0.3, 0.4) is 0 Å². The largest absolute Gasteiger partial charge is 2.00 e. The van der Waals surface area contributed by atoms with Crippen LogP contribution in [-0.4, -0.2) is 44.8 Å². The summed E-state index contributed by atoms with van der Waals surface area (Å²) in [5.41, 5.74) is 0.559. The van der Waals surface area contributed by atoms with Crippen LogP contribution in [-0.2, 0) is 0 Å². The van der Waals surface area contributed by atoms with E-state index in [0.29, 0.717) is 5.56 Å². The first-order valence-corrected chi connectivity index (χ1v) is 5.34. The van der Waals surface area contributed by atoms with E-state index in [4.69, 9.17) is 0 Å². The van der Waals surface area contributed by atoms with Crippen LogP contribution in [0.25, 0.3) is 0 Å². The van der Waals surface area contributed by atoms with Gasteiger partial charge in [0.25, 0.3) is 0 Å². The molecule has 0 aromatic heterocycles. The molecule has 3 rings (SSSR count). The van der Waals surface area contributed by atoms with E-state index in [-0.39, 0.29) is 48.4 Å². The van der Waals surface area contributed by atoms with Crippen molar-refractivity contribution in [3.05, 3.63) is 58.7 Å². The number of phenolic OH excluding ortho intramolecular Hbond substituents is 2. The zero-order valence-electron chi connectivity index (χ0n) is 11.9. The van der Waals surface area contributed by atoms with Crippen molar-refractivity contribution in [1.82, 2.24) is 0 Å². The minimum Gasteiger partial charge on any atom is -1.00 e. The van der Waals surface area contributed by atoms with Gasteiger partial charge in [-0.2, -0.15) is 0 Å². The molecule has 0 unspecified atom stereocenters. The van der Waals surface area contributed by atoms with E-state index in [2.05, 4.69) is 0 Å². The predicted octanol–water partition coefficient (Wildman–Crippen LogP) is 1.72. The fourth-order valence-electron chi connectivity index (χ4n) is 2.16. The van der Waals surface area contributed by atoms with E-state index in [1.807, 2.05) is 0 Å². The molecule has 0 spiro atoms. The van der Waals surface area contributed by atoms with Crippen LogP contribution in [0.15, 0.2) is 36.4 Å². The monoisotopic (exact) mass is 266 g/mol. The predicted molar refractivity (Wildman–Crippen MR) is 71.1 cm³/mol. The molecule has 0 saturated carbocycles. The van der Waals surface area contributed by atoms with Gasteiger partial charge in [-0.15, -0.1) is 0 Å². The van der Waals surface area contributed by atoms with Crippen LogP contribution in [0.5, 0.6) is 11.5 Å². The molecule has 0 saturated heterocycles. The standard InChI is InChI=1S/C14H8O4.Mg.2H/c15-10-6-5-9-11(14(10)18)13(17)8-4-2-1-3-7(8)12(9)16;;;/h1-6,15,18H;;;/q;+2;2*-1. The molecular formula is C14H10MgO4. The smallest absolute Gasteiger partial charge is 1.00 e. The van der Waals surface area contributed by atoms with Gasteiger partial charge in [0, 0.05) is 16.7 Å². The molecular weight excluding hydrogens is 256 g/mol. The summed E-state index contributed by atoms with van der Waals surface area (Å²) in [6.07, 6.45) is 0. The Hall–Kier alpha value is -1.85. The molecule has 2 aromatic carbocycles. The summed E-state index contributed by atoms with van der Waals surface area (Å²) >= 11 is 0. The number of carbonyl (C=O) groups is 2. The molecule has 4 nitrogen and oxygen atoms in total. The van der Waals surface area contributed by atoms with Crippen LogP contribution in [0.2, 0.25) is 0 Å². The summed E-state index contributed by atoms with van der Waals surface area (Å²) in [5.74, 6) is -1.72. The number of ketones is 2. The average Bonchev–Trinajstić information content (AvgIpc) is 2.39. The Balaban J connectivity index is 0.00000133. The molecule has 1 aliphatic carbocycles. The van der Waals surface area contributed by atoms with Crippen LogP contribution >= 0.6 is 0 Å². The van der Waals surface area contributed by atoms with Gasteiger partial charge in [0.2, 0.25) is 0 Å². The zero-order valence-corrected chi connectivity index (χ0v) is 11.3. The van der Waals surface area contributed by atoms with Gasteiger partial charge in [-0.05, 0) is 12.1 Å². The average molecular weight is 267 g/mol. The fraction of sp³-hybridized carbons (Fsp3) is 0. The Morgan fingerprint density at radius 2 is 1.37 bits per heavy atom. The van der Waals surface area contributed by atoms with E-state index < -0.39 is 17.3 Å². The van der Waals surface area contributed by atoms with E-state index in [1.165, 1.54) is 18.2 Å². The molecule has 0 aliphatic heterocycles. The molecule has 0 heterocycles. The van der Waals surface area contributed by atoms with E-state index in [9.17, 15) is 19.8 Å². The summed E-state index contributed by atoms with van der Waals surface area (Å²) in [6, 6.07) is 8.97. The third kappa shape index (κ3) is 1.82. The maximum absolute atomic E-state index is 12.2. The molecule has 0 bridgehead atoms. The van der Waals surface area contributed by atoms with Crippen molar-refractivity contribution in [1.29, 1.82) is 0 Å². The van der Waals surface area contributed by atoms with Crippen molar-refractivity contribution in [2.75, 3.05) is 0 Å². The van der Waals surface area contributed by atoms with Crippen molar-refractivity contribution in [3.63, 3.8) is 0 Å². The summed E-state index contributed by atoms with van der Waals surface area (Å²) < 4.78 is 0. The van der Waals surface area contributed by atoms with Crippen LogP contribution in [0.1, 0.15) is 34.7 Å². The molecule has 19 heavy (non-hydrogen) atoms. The van der Waals surface area contributed by atoms with Gasteiger partial charge >= 0.3 is 23.1 Å². The zero-order chi connectivity index (χ0) is 12.9. The molecule has 5 heteroatoms. The Labute approximate surface area is 127 Å². The summed E-state index contributed by atoms with van der Waals surface area (Å²) in [6.45, 7) is 0. The number of hydrogen-bond donors (Lipinski definition) is 2. The molecule has 2 aromatic rings. The number of fused-ring (bicyclic) bond motifs is 2. The third-order valence-corrected chi connectivity index (χ3v) is 3.04. The quantitative estimate of drug-likeness (QED) is 0.480. The van der Waals surface area contributed by atoms with Gasteiger partial charge in [-0.1, -0.05) is 24.3 Å². The maximum atomic E-state index is 12.2. The van der Waals surface area contributed by atoms with Crippen molar-refractivity contribution in [2.24, 2.45) is 0 Å². The fourth-order valence-corrected chi connectivity index (χ4v) is 2.16. The summed E-state index contributed by atoms with van der Waals surface area (Å²) in [7, 11) is 0. The second-order valence-electron chi connectivity index (χ2n) is 4.06. The van der Waals surface area contributed by atoms with Crippen LogP contribution < -0.4 is 0 Å². The molecule has 0 fully saturated rings. The van der Waals surface area contributed by atoms with Gasteiger partial charge in [0.1, 0.15) is 0 Å². The Kier molecular flexibility index (Phi) is 3.34. The van der Waals surface area contributed by atoms with Crippen LogP contribution in [0, 0.1) is 0 Å². The van der Waals surface area contributed by atoms with Crippen molar-refractivity contribution >= 4 is 34.6 Å². The minimum absolute atomic E-state index is 0. The Morgan fingerprint density at radius 3 is 2.00 bits per heavy atom. The van der Waals surface area contributed by atoms with Crippen LogP contribution in [0.4, 0.5) is 0 Å². The topological polar surface area (TPSA) is 74.6 Å². The first kappa shape index (κ1) is 13.6. The van der Waals surface area contributed by atoms with Gasteiger partial charge in [0.15, 0.2) is 23.1 Å². The number of phenols is 2.